The van der Waals surface area contributed by atoms with Gasteiger partial charge in [0.2, 0.25) is 5.91 Å². The Bertz CT molecular complexity index is 682. The molecule has 2 rings (SSSR count). The van der Waals surface area contributed by atoms with Gasteiger partial charge in [-0.25, -0.2) is 0 Å². The number of nitriles is 1. The van der Waals surface area contributed by atoms with Gasteiger partial charge in [-0.2, -0.15) is 5.26 Å². The molecule has 1 aliphatic carbocycles. The van der Waals surface area contributed by atoms with Crippen LogP contribution in [0.4, 0.5) is 11.4 Å². The standard InChI is InChI=1S/C19H24N4O2/c1-14(24)21-16-8-10-17(11-9-16)22-19(25)15(12-20)13-23(2)18-6-4-3-5-7-18/h8-11,13,18H,3-7H2,1-2H3,(H,21,24)(H,22,25)/b15-13-. The van der Waals surface area contributed by atoms with Crippen molar-refractivity contribution in [2.45, 2.75) is 45.1 Å². The molecule has 0 radical (unpaired) electrons. The molecule has 1 aliphatic rings. The van der Waals surface area contributed by atoms with E-state index in [0.29, 0.717) is 17.4 Å². The first-order chi connectivity index (χ1) is 12.0. The van der Waals surface area contributed by atoms with Crippen molar-refractivity contribution in [2.24, 2.45) is 0 Å². The zero-order valence-electron chi connectivity index (χ0n) is 14.7. The van der Waals surface area contributed by atoms with Gasteiger partial charge in [-0.1, -0.05) is 19.3 Å². The van der Waals surface area contributed by atoms with E-state index >= 15 is 0 Å². The summed E-state index contributed by atoms with van der Waals surface area (Å²) in [6, 6.07) is 9.13. The number of amides is 2. The predicted molar refractivity (Wildman–Crippen MR) is 97.7 cm³/mol. The van der Waals surface area contributed by atoms with Crippen LogP contribution in [0.25, 0.3) is 0 Å². The number of nitrogens with zero attached hydrogens (tertiary/aromatic N) is 2. The van der Waals surface area contributed by atoms with E-state index in [0.717, 1.165) is 12.8 Å². The predicted octanol–water partition coefficient (Wildman–Crippen LogP) is 3.26. The molecule has 132 valence electrons. The van der Waals surface area contributed by atoms with Crippen molar-refractivity contribution in [1.82, 2.24) is 4.90 Å². The van der Waals surface area contributed by atoms with Crippen LogP contribution >= 0.6 is 0 Å². The largest absolute Gasteiger partial charge is 0.376 e. The molecule has 0 spiro atoms. The van der Waals surface area contributed by atoms with E-state index in [1.807, 2.05) is 18.0 Å². The molecule has 0 atom stereocenters. The summed E-state index contributed by atoms with van der Waals surface area (Å²) in [5.74, 6) is -0.588. The molecule has 6 nitrogen and oxygen atoms in total. The molecule has 0 aromatic heterocycles. The fourth-order valence-electron chi connectivity index (χ4n) is 2.97. The Balaban J connectivity index is 2.00. The van der Waals surface area contributed by atoms with Crippen LogP contribution in [0.1, 0.15) is 39.0 Å². The molecule has 1 aromatic rings. The quantitative estimate of drug-likeness (QED) is 0.636. The lowest BCUT2D eigenvalue weighted by Gasteiger charge is -2.30. The maximum atomic E-state index is 12.3. The molecule has 0 unspecified atom stereocenters. The molecule has 0 heterocycles. The monoisotopic (exact) mass is 340 g/mol. The molecular formula is C19H24N4O2. The summed E-state index contributed by atoms with van der Waals surface area (Å²) in [6.07, 6.45) is 7.47. The van der Waals surface area contributed by atoms with Crippen molar-refractivity contribution in [3.63, 3.8) is 0 Å². The van der Waals surface area contributed by atoms with Crippen LogP contribution in [0.5, 0.6) is 0 Å². The van der Waals surface area contributed by atoms with E-state index in [-0.39, 0.29) is 11.5 Å². The van der Waals surface area contributed by atoms with Crippen molar-refractivity contribution < 1.29 is 9.59 Å². The summed E-state index contributed by atoms with van der Waals surface area (Å²) in [4.78, 5) is 25.3. The molecule has 2 amide bonds. The van der Waals surface area contributed by atoms with Gasteiger partial charge in [-0.05, 0) is 37.1 Å². The van der Waals surface area contributed by atoms with E-state index in [9.17, 15) is 14.9 Å². The Kier molecular flexibility index (Phi) is 6.58. The topological polar surface area (TPSA) is 85.2 Å². The van der Waals surface area contributed by atoms with Crippen molar-refractivity contribution >= 4 is 23.2 Å². The second-order valence-electron chi connectivity index (χ2n) is 6.32. The summed E-state index contributed by atoms with van der Waals surface area (Å²) < 4.78 is 0. The molecule has 2 N–H and O–H groups in total. The van der Waals surface area contributed by atoms with Crippen LogP contribution in [-0.2, 0) is 9.59 Å². The highest BCUT2D eigenvalue weighted by atomic mass is 16.2. The summed E-state index contributed by atoms with van der Waals surface area (Å²) in [7, 11) is 1.92. The number of hydrogen-bond acceptors (Lipinski definition) is 4. The number of benzene rings is 1. The first-order valence-corrected chi connectivity index (χ1v) is 8.52. The molecule has 0 saturated heterocycles. The van der Waals surface area contributed by atoms with Crippen LogP contribution in [0, 0.1) is 11.3 Å². The number of hydrogen-bond donors (Lipinski definition) is 2. The highest BCUT2D eigenvalue weighted by Crippen LogP contribution is 2.22. The third-order valence-corrected chi connectivity index (χ3v) is 4.31. The van der Waals surface area contributed by atoms with Crippen LogP contribution in [-0.4, -0.2) is 29.8 Å². The fraction of sp³-hybridized carbons (Fsp3) is 0.421. The van der Waals surface area contributed by atoms with Gasteiger partial charge in [0, 0.05) is 37.6 Å². The second kappa shape index (κ2) is 8.88. The molecule has 1 aromatic carbocycles. The van der Waals surface area contributed by atoms with Gasteiger partial charge in [0.25, 0.3) is 5.91 Å². The molecule has 0 aliphatic heterocycles. The maximum Gasteiger partial charge on any atom is 0.267 e. The lowest BCUT2D eigenvalue weighted by molar-refractivity contribution is -0.114. The maximum absolute atomic E-state index is 12.3. The number of rotatable bonds is 5. The third-order valence-electron chi connectivity index (χ3n) is 4.31. The first kappa shape index (κ1) is 18.5. The van der Waals surface area contributed by atoms with E-state index in [1.165, 1.54) is 26.2 Å². The van der Waals surface area contributed by atoms with Gasteiger partial charge in [0.05, 0.1) is 0 Å². The Morgan fingerprint density at radius 1 is 1.12 bits per heavy atom. The van der Waals surface area contributed by atoms with Crippen LogP contribution in [0.15, 0.2) is 36.0 Å². The van der Waals surface area contributed by atoms with E-state index in [4.69, 9.17) is 0 Å². The Morgan fingerprint density at radius 2 is 1.68 bits per heavy atom. The number of anilines is 2. The number of carbonyl (C=O) groups excluding carboxylic acids is 2. The lowest BCUT2D eigenvalue weighted by Crippen LogP contribution is -2.30. The number of nitrogens with one attached hydrogen (secondary N) is 2. The normalized spacial score (nSPS) is 15.2. The van der Waals surface area contributed by atoms with Crippen LogP contribution in [0.2, 0.25) is 0 Å². The van der Waals surface area contributed by atoms with Gasteiger partial charge in [0.15, 0.2) is 0 Å². The Hall–Kier alpha value is -2.81. The van der Waals surface area contributed by atoms with Crippen LogP contribution in [0.3, 0.4) is 0 Å². The summed E-state index contributed by atoms with van der Waals surface area (Å²) >= 11 is 0. The second-order valence-corrected chi connectivity index (χ2v) is 6.32. The highest BCUT2D eigenvalue weighted by molar-refractivity contribution is 6.06. The zero-order valence-corrected chi connectivity index (χ0v) is 14.7. The number of carbonyl (C=O) groups is 2. The van der Waals surface area contributed by atoms with Gasteiger partial charge in [0.1, 0.15) is 11.6 Å². The third kappa shape index (κ3) is 5.64. The van der Waals surface area contributed by atoms with E-state index in [2.05, 4.69) is 10.6 Å². The minimum atomic E-state index is -0.433. The molecule has 1 saturated carbocycles. The first-order valence-electron chi connectivity index (χ1n) is 8.52. The van der Waals surface area contributed by atoms with Crippen molar-refractivity contribution in [1.29, 1.82) is 5.26 Å². The zero-order chi connectivity index (χ0) is 18.2. The minimum absolute atomic E-state index is 0.0824. The average molecular weight is 340 g/mol. The smallest absolute Gasteiger partial charge is 0.267 e. The van der Waals surface area contributed by atoms with Crippen LogP contribution < -0.4 is 10.6 Å². The molecule has 1 fully saturated rings. The molecule has 25 heavy (non-hydrogen) atoms. The molecular weight excluding hydrogens is 316 g/mol. The average Bonchev–Trinajstić information content (AvgIpc) is 2.61. The summed E-state index contributed by atoms with van der Waals surface area (Å²) in [5, 5.41) is 14.7. The fourth-order valence-corrected chi connectivity index (χ4v) is 2.97. The van der Waals surface area contributed by atoms with Crippen molar-refractivity contribution in [3.8, 4) is 6.07 Å². The molecule has 6 heteroatoms. The SMILES string of the molecule is CC(=O)Nc1ccc(NC(=O)/C(C#N)=C\N(C)C2CCCCC2)cc1. The van der Waals surface area contributed by atoms with Gasteiger partial charge in [-0.3, -0.25) is 9.59 Å². The van der Waals surface area contributed by atoms with Crippen molar-refractivity contribution in [3.05, 3.63) is 36.0 Å². The highest BCUT2D eigenvalue weighted by Gasteiger charge is 2.18. The summed E-state index contributed by atoms with van der Waals surface area (Å²) in [5.41, 5.74) is 1.30. The van der Waals surface area contributed by atoms with E-state index < -0.39 is 5.91 Å². The molecule has 0 bridgehead atoms. The Morgan fingerprint density at radius 3 is 2.20 bits per heavy atom. The summed E-state index contributed by atoms with van der Waals surface area (Å²) in [6.45, 7) is 1.43. The van der Waals surface area contributed by atoms with Crippen molar-refractivity contribution in [2.75, 3.05) is 17.7 Å². The van der Waals surface area contributed by atoms with Gasteiger partial charge in [-0.15, -0.1) is 0 Å². The minimum Gasteiger partial charge on any atom is -0.376 e. The van der Waals surface area contributed by atoms with Gasteiger partial charge < -0.3 is 15.5 Å². The lowest BCUT2D eigenvalue weighted by atomic mass is 9.94. The van der Waals surface area contributed by atoms with E-state index in [1.54, 1.807) is 30.5 Å². The Labute approximate surface area is 148 Å². The van der Waals surface area contributed by atoms with Gasteiger partial charge >= 0.3 is 0 Å².